The summed E-state index contributed by atoms with van der Waals surface area (Å²) in [4.78, 5) is 30.7. The first-order valence-corrected chi connectivity index (χ1v) is 8.70. The number of carbonyl (C=O) groups excluding carboxylic acids is 1. The molecule has 128 valence electrons. The molecular weight excluding hydrogens is 362 g/mol. The largest absolute Gasteiger partial charge is 0.478 e. The Kier molecular flexibility index (Phi) is 4.96. The van der Waals surface area contributed by atoms with Crippen molar-refractivity contribution in [1.82, 2.24) is 9.97 Å². The number of aromatic amines is 1. The van der Waals surface area contributed by atoms with Gasteiger partial charge in [0.15, 0.2) is 5.16 Å². The number of fused-ring (bicyclic) bond motifs is 1. The number of hydrogen-bond donors (Lipinski definition) is 3. The van der Waals surface area contributed by atoms with Crippen molar-refractivity contribution in [3.8, 4) is 0 Å². The number of H-pyrrole nitrogens is 1. The summed E-state index contributed by atoms with van der Waals surface area (Å²) in [6.07, 6.45) is 0. The van der Waals surface area contributed by atoms with Gasteiger partial charge in [0.05, 0.1) is 22.3 Å². The number of carboxylic acids is 1. The number of nitrogens with zero attached hydrogens (tertiary/aromatic N) is 1. The fourth-order valence-electron chi connectivity index (χ4n) is 2.24. The van der Waals surface area contributed by atoms with Crippen molar-refractivity contribution in [2.75, 3.05) is 11.1 Å². The van der Waals surface area contributed by atoms with E-state index in [0.29, 0.717) is 15.9 Å². The SMILES string of the molecule is Cc1ccc(C(=O)O)cc1NC(=O)CSc1nc2ccc(Cl)cc2[nH]1. The Bertz CT molecular complexity index is 971. The van der Waals surface area contributed by atoms with Crippen LogP contribution in [0.1, 0.15) is 15.9 Å². The van der Waals surface area contributed by atoms with Gasteiger partial charge in [-0.3, -0.25) is 4.79 Å². The number of anilines is 1. The molecule has 0 spiro atoms. The van der Waals surface area contributed by atoms with Gasteiger partial charge in [0, 0.05) is 10.7 Å². The summed E-state index contributed by atoms with van der Waals surface area (Å²) in [5.41, 5.74) is 2.99. The third-order valence-corrected chi connectivity index (χ3v) is 4.63. The average molecular weight is 376 g/mol. The molecule has 25 heavy (non-hydrogen) atoms. The molecule has 0 saturated heterocycles. The number of carboxylic acid groups (broad SMARTS) is 1. The lowest BCUT2D eigenvalue weighted by Gasteiger charge is -2.08. The van der Waals surface area contributed by atoms with Crippen molar-refractivity contribution in [2.24, 2.45) is 0 Å². The number of carbonyl (C=O) groups is 2. The molecule has 3 aromatic rings. The lowest BCUT2D eigenvalue weighted by atomic mass is 10.1. The maximum absolute atomic E-state index is 12.1. The number of aromatic nitrogens is 2. The van der Waals surface area contributed by atoms with Crippen molar-refractivity contribution in [3.05, 3.63) is 52.5 Å². The van der Waals surface area contributed by atoms with Gasteiger partial charge in [-0.2, -0.15) is 0 Å². The standard InChI is InChI=1S/C17H14ClN3O3S/c1-9-2-3-10(16(23)24)6-13(9)19-15(22)8-25-17-20-12-5-4-11(18)7-14(12)21-17/h2-7H,8H2,1H3,(H,19,22)(H,20,21)(H,23,24). The number of imidazole rings is 1. The van der Waals surface area contributed by atoms with Crippen LogP contribution in [-0.2, 0) is 4.79 Å². The highest BCUT2D eigenvalue weighted by Crippen LogP contribution is 2.23. The molecule has 0 bridgehead atoms. The molecule has 1 aromatic heterocycles. The molecule has 0 unspecified atom stereocenters. The normalized spacial score (nSPS) is 10.8. The highest BCUT2D eigenvalue weighted by atomic mass is 35.5. The number of halogens is 1. The van der Waals surface area contributed by atoms with Gasteiger partial charge in [0.2, 0.25) is 5.91 Å². The average Bonchev–Trinajstić information content (AvgIpc) is 2.96. The summed E-state index contributed by atoms with van der Waals surface area (Å²) in [6, 6.07) is 9.94. The van der Waals surface area contributed by atoms with Crippen LogP contribution in [0.15, 0.2) is 41.6 Å². The van der Waals surface area contributed by atoms with Crippen LogP contribution in [0.2, 0.25) is 5.02 Å². The summed E-state index contributed by atoms with van der Waals surface area (Å²) >= 11 is 7.19. The molecule has 0 radical (unpaired) electrons. The van der Waals surface area contributed by atoms with Gasteiger partial charge in [-0.1, -0.05) is 29.4 Å². The van der Waals surface area contributed by atoms with Gasteiger partial charge >= 0.3 is 5.97 Å². The number of amides is 1. The first-order valence-electron chi connectivity index (χ1n) is 7.34. The molecule has 0 aliphatic heterocycles. The highest BCUT2D eigenvalue weighted by Gasteiger charge is 2.11. The maximum atomic E-state index is 12.1. The second-order valence-corrected chi connectivity index (χ2v) is 6.78. The number of benzene rings is 2. The van der Waals surface area contributed by atoms with E-state index in [2.05, 4.69) is 15.3 Å². The van der Waals surface area contributed by atoms with E-state index in [9.17, 15) is 9.59 Å². The fraction of sp³-hybridized carbons (Fsp3) is 0.118. The minimum Gasteiger partial charge on any atom is -0.478 e. The first kappa shape index (κ1) is 17.3. The van der Waals surface area contributed by atoms with Crippen molar-refractivity contribution in [3.63, 3.8) is 0 Å². The maximum Gasteiger partial charge on any atom is 0.335 e. The van der Waals surface area contributed by atoms with Crippen LogP contribution in [0.3, 0.4) is 0 Å². The van der Waals surface area contributed by atoms with Gasteiger partial charge in [0.25, 0.3) is 0 Å². The Morgan fingerprint density at radius 2 is 2.08 bits per heavy atom. The number of hydrogen-bond acceptors (Lipinski definition) is 4. The van der Waals surface area contributed by atoms with E-state index in [-0.39, 0.29) is 17.2 Å². The van der Waals surface area contributed by atoms with E-state index in [1.54, 1.807) is 31.2 Å². The molecule has 1 amide bonds. The molecule has 6 nitrogen and oxygen atoms in total. The molecule has 3 rings (SSSR count). The van der Waals surface area contributed by atoms with Crippen LogP contribution >= 0.6 is 23.4 Å². The molecule has 1 heterocycles. The Labute approximate surface area is 152 Å². The monoisotopic (exact) mass is 375 g/mol. The van der Waals surface area contributed by atoms with Crippen molar-refractivity contribution >= 4 is 52.0 Å². The third kappa shape index (κ3) is 4.12. The summed E-state index contributed by atoms with van der Waals surface area (Å²) in [6.45, 7) is 1.80. The van der Waals surface area contributed by atoms with Crippen LogP contribution in [0.25, 0.3) is 11.0 Å². The topological polar surface area (TPSA) is 95.1 Å². The predicted octanol–water partition coefficient (Wildman–Crippen LogP) is 3.95. The summed E-state index contributed by atoms with van der Waals surface area (Å²) in [5, 5.41) is 13.0. The van der Waals surface area contributed by atoms with Crippen molar-refractivity contribution < 1.29 is 14.7 Å². The van der Waals surface area contributed by atoms with Gasteiger partial charge in [0.1, 0.15) is 0 Å². The molecule has 0 saturated carbocycles. The van der Waals surface area contributed by atoms with Gasteiger partial charge in [-0.05, 0) is 42.8 Å². The Balaban J connectivity index is 1.66. The number of aryl methyl sites for hydroxylation is 1. The zero-order valence-electron chi connectivity index (χ0n) is 13.2. The van der Waals surface area contributed by atoms with E-state index in [4.69, 9.17) is 16.7 Å². The second-order valence-electron chi connectivity index (χ2n) is 5.38. The fourth-order valence-corrected chi connectivity index (χ4v) is 3.09. The Hall–Kier alpha value is -2.51. The van der Waals surface area contributed by atoms with Crippen LogP contribution < -0.4 is 5.32 Å². The molecule has 0 aliphatic carbocycles. The summed E-state index contributed by atoms with van der Waals surface area (Å²) in [5.74, 6) is -1.13. The second kappa shape index (κ2) is 7.16. The van der Waals surface area contributed by atoms with Crippen LogP contribution in [0.5, 0.6) is 0 Å². The third-order valence-electron chi connectivity index (χ3n) is 3.52. The van der Waals surface area contributed by atoms with Crippen LogP contribution in [0, 0.1) is 6.92 Å². The van der Waals surface area contributed by atoms with Crippen molar-refractivity contribution in [2.45, 2.75) is 12.1 Å². The zero-order chi connectivity index (χ0) is 18.0. The summed E-state index contributed by atoms with van der Waals surface area (Å²) in [7, 11) is 0. The number of rotatable bonds is 5. The Morgan fingerprint density at radius 3 is 2.84 bits per heavy atom. The van der Waals surface area contributed by atoms with Gasteiger partial charge < -0.3 is 15.4 Å². The number of nitrogens with one attached hydrogen (secondary N) is 2. The van der Waals surface area contributed by atoms with Gasteiger partial charge in [-0.15, -0.1) is 0 Å². The molecule has 3 N–H and O–H groups in total. The van der Waals surface area contributed by atoms with Crippen LogP contribution in [-0.4, -0.2) is 32.7 Å². The van der Waals surface area contributed by atoms with Crippen molar-refractivity contribution in [1.29, 1.82) is 0 Å². The molecule has 8 heteroatoms. The molecule has 0 atom stereocenters. The predicted molar refractivity (Wildman–Crippen MR) is 98.6 cm³/mol. The zero-order valence-corrected chi connectivity index (χ0v) is 14.7. The Morgan fingerprint density at radius 1 is 1.28 bits per heavy atom. The molecule has 0 aliphatic rings. The minimum atomic E-state index is -1.04. The number of thioether (sulfide) groups is 1. The quantitative estimate of drug-likeness (QED) is 0.587. The van der Waals surface area contributed by atoms with E-state index < -0.39 is 5.97 Å². The van der Waals surface area contributed by atoms with E-state index in [1.807, 2.05) is 0 Å². The molecule has 0 fully saturated rings. The lowest BCUT2D eigenvalue weighted by Crippen LogP contribution is -2.15. The smallest absolute Gasteiger partial charge is 0.335 e. The number of aromatic carboxylic acids is 1. The van der Waals surface area contributed by atoms with E-state index in [0.717, 1.165) is 16.6 Å². The lowest BCUT2D eigenvalue weighted by molar-refractivity contribution is -0.113. The minimum absolute atomic E-state index is 0.128. The van der Waals surface area contributed by atoms with E-state index in [1.165, 1.54) is 23.9 Å². The molecule has 2 aromatic carbocycles. The van der Waals surface area contributed by atoms with Crippen LogP contribution in [0.4, 0.5) is 5.69 Å². The molecular formula is C17H14ClN3O3S. The van der Waals surface area contributed by atoms with E-state index >= 15 is 0 Å². The first-order chi connectivity index (χ1) is 11.9. The van der Waals surface area contributed by atoms with Gasteiger partial charge in [-0.25, -0.2) is 9.78 Å². The highest BCUT2D eigenvalue weighted by molar-refractivity contribution is 7.99. The summed E-state index contributed by atoms with van der Waals surface area (Å²) < 4.78 is 0.